The molecule has 1 amide bonds. The highest BCUT2D eigenvalue weighted by molar-refractivity contribution is 7.98. The summed E-state index contributed by atoms with van der Waals surface area (Å²) in [6.45, 7) is 1.54. The highest BCUT2D eigenvalue weighted by Gasteiger charge is 2.28. The van der Waals surface area contributed by atoms with E-state index in [0.29, 0.717) is 26.1 Å². The van der Waals surface area contributed by atoms with Gasteiger partial charge in [-0.3, -0.25) is 4.79 Å². The van der Waals surface area contributed by atoms with Crippen molar-refractivity contribution in [2.24, 2.45) is 5.73 Å². The second kappa shape index (κ2) is 9.25. The number of halogens is 1. The van der Waals surface area contributed by atoms with Crippen LogP contribution in [0, 0.1) is 0 Å². The van der Waals surface area contributed by atoms with Gasteiger partial charge in [-0.2, -0.15) is 11.8 Å². The van der Waals surface area contributed by atoms with Crippen LogP contribution in [0.25, 0.3) is 0 Å². The van der Waals surface area contributed by atoms with Crippen LogP contribution in [-0.2, 0) is 9.53 Å². The van der Waals surface area contributed by atoms with Crippen molar-refractivity contribution in [2.45, 2.75) is 18.6 Å². The summed E-state index contributed by atoms with van der Waals surface area (Å²) in [5, 5.41) is 9.55. The van der Waals surface area contributed by atoms with E-state index in [9.17, 15) is 9.90 Å². The summed E-state index contributed by atoms with van der Waals surface area (Å²) in [6.07, 6.45) is 2.49. The van der Waals surface area contributed by atoms with Crippen LogP contribution in [0.1, 0.15) is 18.1 Å². The summed E-state index contributed by atoms with van der Waals surface area (Å²) in [7, 11) is 0. The lowest BCUT2D eigenvalue weighted by Crippen LogP contribution is -2.49. The Kier molecular flexibility index (Phi) is 8.03. The minimum atomic E-state index is -0.444. The van der Waals surface area contributed by atoms with Gasteiger partial charge in [0.05, 0.1) is 19.2 Å². The zero-order valence-corrected chi connectivity index (χ0v) is 14.2. The second-order valence-corrected chi connectivity index (χ2v) is 6.11. The van der Waals surface area contributed by atoms with Crippen molar-refractivity contribution >= 4 is 30.1 Å². The fraction of sp³-hybridized carbons (Fsp3) is 0.533. The molecule has 2 atom stereocenters. The number of hydrogen-bond donors (Lipinski definition) is 2. The molecule has 1 aromatic rings. The quantitative estimate of drug-likeness (QED) is 0.850. The number of carbonyl (C=O) groups is 1. The molecule has 1 fully saturated rings. The fourth-order valence-corrected chi connectivity index (χ4v) is 2.87. The largest absolute Gasteiger partial charge is 0.508 e. The topological polar surface area (TPSA) is 75.8 Å². The van der Waals surface area contributed by atoms with Gasteiger partial charge >= 0.3 is 0 Å². The Morgan fingerprint density at radius 1 is 1.59 bits per heavy atom. The van der Waals surface area contributed by atoms with Gasteiger partial charge in [-0.15, -0.1) is 12.4 Å². The van der Waals surface area contributed by atoms with Crippen LogP contribution >= 0.6 is 24.2 Å². The molecule has 0 aromatic heterocycles. The summed E-state index contributed by atoms with van der Waals surface area (Å²) >= 11 is 1.69. The molecule has 0 aliphatic carbocycles. The molecule has 2 unspecified atom stereocenters. The van der Waals surface area contributed by atoms with E-state index in [2.05, 4.69) is 0 Å². The van der Waals surface area contributed by atoms with E-state index in [1.54, 1.807) is 34.9 Å². The van der Waals surface area contributed by atoms with Gasteiger partial charge < -0.3 is 20.5 Å². The Morgan fingerprint density at radius 2 is 2.36 bits per heavy atom. The fourth-order valence-electron chi connectivity index (χ4n) is 2.38. The summed E-state index contributed by atoms with van der Waals surface area (Å²) in [6, 6.07) is 6.52. The lowest BCUT2D eigenvalue weighted by atomic mass is 10.1. The average Bonchev–Trinajstić information content (AvgIpc) is 2.52. The van der Waals surface area contributed by atoms with Crippen molar-refractivity contribution in [1.29, 1.82) is 0 Å². The Morgan fingerprint density at radius 3 is 3.05 bits per heavy atom. The van der Waals surface area contributed by atoms with Gasteiger partial charge in [-0.05, 0) is 36.1 Å². The zero-order valence-electron chi connectivity index (χ0n) is 12.6. The van der Waals surface area contributed by atoms with E-state index in [-0.39, 0.29) is 30.2 Å². The van der Waals surface area contributed by atoms with E-state index in [1.165, 1.54) is 0 Å². The molecule has 0 bridgehead atoms. The molecule has 3 N–H and O–H groups in total. The average molecular weight is 347 g/mol. The van der Waals surface area contributed by atoms with Gasteiger partial charge in [0.1, 0.15) is 11.9 Å². The Labute approximate surface area is 141 Å². The van der Waals surface area contributed by atoms with Crippen LogP contribution < -0.4 is 5.73 Å². The molecule has 0 radical (unpaired) electrons. The Hall–Kier alpha value is -0.950. The second-order valence-electron chi connectivity index (χ2n) is 5.13. The molecular weight excluding hydrogens is 324 g/mol. The number of amides is 1. The van der Waals surface area contributed by atoms with Crippen molar-refractivity contribution in [1.82, 2.24) is 4.90 Å². The predicted molar refractivity (Wildman–Crippen MR) is 91.6 cm³/mol. The number of phenolic OH excluding ortho intramolecular Hbond substituents is 1. The minimum absolute atomic E-state index is 0. The number of carbonyl (C=O) groups excluding carboxylic acids is 1. The van der Waals surface area contributed by atoms with Crippen LogP contribution in [-0.4, -0.2) is 53.7 Å². The first-order chi connectivity index (χ1) is 10.1. The van der Waals surface area contributed by atoms with Crippen molar-refractivity contribution < 1.29 is 14.6 Å². The number of aromatic hydroxyl groups is 1. The standard InChI is InChI=1S/C15H22N2O3S.ClH/c1-21-8-5-13(16)15(19)17-6-7-20-14(10-17)11-3-2-4-12(18)9-11;/h2-4,9,13-14,18H,5-8,10,16H2,1H3;1H. The van der Waals surface area contributed by atoms with Gasteiger partial charge in [-0.25, -0.2) is 0 Å². The Balaban J connectivity index is 0.00000242. The molecule has 1 saturated heterocycles. The molecule has 1 aromatic carbocycles. The maximum atomic E-state index is 12.3. The van der Waals surface area contributed by atoms with Gasteiger partial charge in [0.25, 0.3) is 0 Å². The lowest BCUT2D eigenvalue weighted by Gasteiger charge is -2.34. The molecule has 1 aliphatic heterocycles. The molecule has 22 heavy (non-hydrogen) atoms. The molecule has 1 heterocycles. The first-order valence-electron chi connectivity index (χ1n) is 7.05. The van der Waals surface area contributed by atoms with Crippen molar-refractivity contribution in [3.05, 3.63) is 29.8 Å². The number of phenols is 1. The summed E-state index contributed by atoms with van der Waals surface area (Å²) in [5.74, 6) is 1.07. The molecule has 1 aliphatic rings. The normalized spacial score (nSPS) is 19.4. The highest BCUT2D eigenvalue weighted by atomic mass is 35.5. The van der Waals surface area contributed by atoms with E-state index >= 15 is 0 Å². The van der Waals surface area contributed by atoms with E-state index in [1.807, 2.05) is 12.3 Å². The maximum Gasteiger partial charge on any atom is 0.239 e. The summed E-state index contributed by atoms with van der Waals surface area (Å²) < 4.78 is 5.71. The van der Waals surface area contributed by atoms with Crippen LogP contribution in [0.3, 0.4) is 0 Å². The summed E-state index contributed by atoms with van der Waals surface area (Å²) in [5.41, 5.74) is 6.84. The van der Waals surface area contributed by atoms with Crippen molar-refractivity contribution in [3.63, 3.8) is 0 Å². The number of benzene rings is 1. The van der Waals surface area contributed by atoms with E-state index in [0.717, 1.165) is 11.3 Å². The molecule has 0 spiro atoms. The zero-order chi connectivity index (χ0) is 15.2. The van der Waals surface area contributed by atoms with Gasteiger partial charge in [0.2, 0.25) is 5.91 Å². The highest BCUT2D eigenvalue weighted by Crippen LogP contribution is 2.25. The SMILES string of the molecule is CSCCC(N)C(=O)N1CCOC(c2cccc(O)c2)C1.Cl. The van der Waals surface area contributed by atoms with Crippen LogP contribution in [0.4, 0.5) is 0 Å². The van der Waals surface area contributed by atoms with Crippen molar-refractivity contribution in [3.8, 4) is 5.75 Å². The first-order valence-corrected chi connectivity index (χ1v) is 8.45. The van der Waals surface area contributed by atoms with E-state index in [4.69, 9.17) is 10.5 Å². The number of nitrogens with zero attached hydrogens (tertiary/aromatic N) is 1. The third-order valence-corrected chi connectivity index (χ3v) is 4.21. The smallest absolute Gasteiger partial charge is 0.239 e. The number of morpholine rings is 1. The van der Waals surface area contributed by atoms with Crippen LogP contribution in [0.15, 0.2) is 24.3 Å². The van der Waals surface area contributed by atoms with Crippen LogP contribution in [0.5, 0.6) is 5.75 Å². The first kappa shape index (κ1) is 19.1. The number of rotatable bonds is 5. The third kappa shape index (κ3) is 5.05. The van der Waals surface area contributed by atoms with E-state index < -0.39 is 6.04 Å². The summed E-state index contributed by atoms with van der Waals surface area (Å²) in [4.78, 5) is 14.1. The number of thioether (sulfide) groups is 1. The molecule has 124 valence electrons. The molecule has 0 saturated carbocycles. The number of ether oxygens (including phenoxy) is 1. The number of nitrogens with two attached hydrogens (primary N) is 1. The maximum absolute atomic E-state index is 12.3. The van der Waals surface area contributed by atoms with Crippen LogP contribution in [0.2, 0.25) is 0 Å². The van der Waals surface area contributed by atoms with Gasteiger partial charge in [0.15, 0.2) is 0 Å². The van der Waals surface area contributed by atoms with Crippen molar-refractivity contribution in [2.75, 3.05) is 31.7 Å². The predicted octanol–water partition coefficient (Wildman–Crippen LogP) is 1.79. The molecular formula is C15H23ClN2O3S. The molecule has 2 rings (SSSR count). The van der Waals surface area contributed by atoms with Gasteiger partial charge in [0, 0.05) is 6.54 Å². The van der Waals surface area contributed by atoms with Gasteiger partial charge in [-0.1, -0.05) is 12.1 Å². The molecule has 5 nitrogen and oxygen atoms in total. The number of hydrogen-bond acceptors (Lipinski definition) is 5. The minimum Gasteiger partial charge on any atom is -0.508 e. The lowest BCUT2D eigenvalue weighted by molar-refractivity contribution is -0.140. The monoisotopic (exact) mass is 346 g/mol. The molecule has 7 heteroatoms. The Bertz CT molecular complexity index is 490. The third-order valence-electron chi connectivity index (χ3n) is 3.57.